The highest BCUT2D eigenvalue weighted by atomic mass is 16.5. The fourth-order valence-electron chi connectivity index (χ4n) is 4.97. The monoisotopic (exact) mass is 527 g/mol. The van der Waals surface area contributed by atoms with Crippen molar-refractivity contribution in [2.24, 2.45) is 0 Å². The van der Waals surface area contributed by atoms with Crippen molar-refractivity contribution in [3.8, 4) is 17.2 Å². The molecule has 0 bridgehead atoms. The number of imidazole rings is 1. The number of hydrogen-bond donors (Lipinski definition) is 1. The zero-order chi connectivity index (χ0) is 27.4. The first-order valence-electron chi connectivity index (χ1n) is 13.2. The standard InChI is InChI=1S/C29H33N7O3/c1-3-33(4-2)17-8-11-25(37)34-18-16-22(19-34)36-28-26(27(30)31-20-32-28)35(29(36)38)21-12-14-24(15-13-21)39-23-9-6-5-7-10-23/h5-15,20,22H,3-4,16-19H2,1-2H3,(H2,30,31,32)/t22-/m1/s1. The topological polar surface area (TPSA) is 112 Å². The van der Waals surface area contributed by atoms with E-state index < -0.39 is 0 Å². The van der Waals surface area contributed by atoms with E-state index >= 15 is 0 Å². The average molecular weight is 528 g/mol. The first-order valence-corrected chi connectivity index (χ1v) is 13.2. The van der Waals surface area contributed by atoms with Crippen molar-refractivity contribution >= 4 is 22.9 Å². The maximum atomic E-state index is 13.8. The molecule has 0 aliphatic carbocycles. The van der Waals surface area contributed by atoms with Crippen LogP contribution >= 0.6 is 0 Å². The smallest absolute Gasteiger partial charge is 0.335 e. The van der Waals surface area contributed by atoms with E-state index in [0.29, 0.717) is 42.1 Å². The number of carbonyl (C=O) groups excluding carboxylic acids is 1. The number of para-hydroxylation sites is 1. The maximum absolute atomic E-state index is 13.8. The molecule has 0 saturated carbocycles. The van der Waals surface area contributed by atoms with Crippen LogP contribution in [0.25, 0.3) is 16.9 Å². The van der Waals surface area contributed by atoms with Crippen LogP contribution in [0.1, 0.15) is 26.3 Å². The van der Waals surface area contributed by atoms with Gasteiger partial charge in [-0.3, -0.25) is 13.9 Å². The average Bonchev–Trinajstić information content (AvgIpc) is 3.55. The molecule has 1 saturated heterocycles. The Labute approximate surface area is 226 Å². The molecule has 2 N–H and O–H groups in total. The van der Waals surface area contributed by atoms with Crippen LogP contribution in [-0.4, -0.2) is 67.5 Å². The summed E-state index contributed by atoms with van der Waals surface area (Å²) in [5, 5.41) is 0. The largest absolute Gasteiger partial charge is 0.457 e. The zero-order valence-electron chi connectivity index (χ0n) is 22.2. The molecule has 2 aromatic carbocycles. The maximum Gasteiger partial charge on any atom is 0.335 e. The van der Waals surface area contributed by atoms with Crippen LogP contribution in [0.4, 0.5) is 5.82 Å². The van der Waals surface area contributed by atoms with Gasteiger partial charge in [0, 0.05) is 25.7 Å². The summed E-state index contributed by atoms with van der Waals surface area (Å²) in [6, 6.07) is 16.5. The Morgan fingerprint density at radius 1 is 1.08 bits per heavy atom. The summed E-state index contributed by atoms with van der Waals surface area (Å²) in [6.45, 7) is 7.77. The number of nitrogens with two attached hydrogens (primary N) is 1. The molecule has 1 aliphatic rings. The second kappa shape index (κ2) is 11.5. The summed E-state index contributed by atoms with van der Waals surface area (Å²) in [7, 11) is 0. The molecular formula is C29H33N7O3. The van der Waals surface area contributed by atoms with Crippen molar-refractivity contribution in [3.05, 3.63) is 83.6 Å². The van der Waals surface area contributed by atoms with Crippen LogP contribution < -0.4 is 16.2 Å². The Morgan fingerprint density at radius 2 is 1.79 bits per heavy atom. The van der Waals surface area contributed by atoms with Gasteiger partial charge in [0.15, 0.2) is 11.5 Å². The molecule has 1 atom stereocenters. The van der Waals surface area contributed by atoms with Crippen LogP contribution in [0.15, 0.2) is 77.9 Å². The lowest BCUT2D eigenvalue weighted by Crippen LogP contribution is -2.31. The number of amides is 1. The second-order valence-electron chi connectivity index (χ2n) is 9.44. The molecule has 0 radical (unpaired) electrons. The predicted molar refractivity (Wildman–Crippen MR) is 151 cm³/mol. The van der Waals surface area contributed by atoms with Gasteiger partial charge in [-0.05, 0) is 55.9 Å². The molecule has 10 nitrogen and oxygen atoms in total. The van der Waals surface area contributed by atoms with Gasteiger partial charge < -0.3 is 20.3 Å². The lowest BCUT2D eigenvalue weighted by atomic mass is 10.2. The minimum absolute atomic E-state index is 0.0513. The minimum atomic E-state index is -0.273. The number of nitrogens with zero attached hydrogens (tertiary/aromatic N) is 6. The number of carbonyl (C=O) groups is 1. The molecule has 39 heavy (non-hydrogen) atoms. The number of fused-ring (bicyclic) bond motifs is 1. The lowest BCUT2D eigenvalue weighted by molar-refractivity contribution is -0.125. The van der Waals surface area contributed by atoms with Crippen LogP contribution in [0.2, 0.25) is 0 Å². The van der Waals surface area contributed by atoms with Crippen LogP contribution in [0.3, 0.4) is 0 Å². The number of aromatic nitrogens is 4. The number of benzene rings is 2. The molecule has 10 heteroatoms. The SMILES string of the molecule is CCN(CC)CC=CC(=O)N1CC[C@@H](n2c(=O)n(-c3ccc(Oc4ccccc4)cc3)c3c(N)ncnc32)C1. The van der Waals surface area contributed by atoms with Gasteiger partial charge in [-0.2, -0.15) is 0 Å². The Morgan fingerprint density at radius 3 is 2.51 bits per heavy atom. The molecular weight excluding hydrogens is 494 g/mol. The summed E-state index contributed by atoms with van der Waals surface area (Å²) in [5.41, 5.74) is 7.51. The summed E-state index contributed by atoms with van der Waals surface area (Å²) in [5.74, 6) is 1.53. The van der Waals surface area contributed by atoms with Crippen molar-refractivity contribution in [1.82, 2.24) is 28.9 Å². The summed E-state index contributed by atoms with van der Waals surface area (Å²) in [6.07, 6.45) is 5.54. The van der Waals surface area contributed by atoms with Gasteiger partial charge in [0.05, 0.1) is 11.7 Å². The molecule has 202 valence electrons. The number of anilines is 1. The lowest BCUT2D eigenvalue weighted by Gasteiger charge is -2.16. The quantitative estimate of drug-likeness (QED) is 0.331. The van der Waals surface area contributed by atoms with E-state index in [1.807, 2.05) is 36.4 Å². The van der Waals surface area contributed by atoms with Crippen molar-refractivity contribution in [3.63, 3.8) is 0 Å². The van der Waals surface area contributed by atoms with Gasteiger partial charge >= 0.3 is 5.69 Å². The highest BCUT2D eigenvalue weighted by Crippen LogP contribution is 2.28. The van der Waals surface area contributed by atoms with E-state index in [2.05, 4.69) is 28.7 Å². The Hall–Kier alpha value is -4.44. The van der Waals surface area contributed by atoms with E-state index in [0.717, 1.165) is 25.4 Å². The predicted octanol–water partition coefficient (Wildman–Crippen LogP) is 3.63. The highest BCUT2D eigenvalue weighted by Gasteiger charge is 2.31. The summed E-state index contributed by atoms with van der Waals surface area (Å²) < 4.78 is 9.08. The number of ether oxygens (including phenoxy) is 1. The molecule has 0 unspecified atom stereocenters. The van der Waals surface area contributed by atoms with E-state index in [4.69, 9.17) is 10.5 Å². The molecule has 3 heterocycles. The first kappa shape index (κ1) is 26.2. The van der Waals surface area contributed by atoms with Crippen molar-refractivity contribution in [1.29, 1.82) is 0 Å². The summed E-state index contributed by atoms with van der Waals surface area (Å²) in [4.78, 5) is 39.3. The highest BCUT2D eigenvalue weighted by molar-refractivity contribution is 5.88. The molecule has 5 rings (SSSR count). The molecule has 2 aromatic heterocycles. The van der Waals surface area contributed by atoms with Crippen molar-refractivity contribution in [2.45, 2.75) is 26.3 Å². The van der Waals surface area contributed by atoms with Crippen molar-refractivity contribution < 1.29 is 9.53 Å². The molecule has 0 spiro atoms. The van der Waals surface area contributed by atoms with Gasteiger partial charge in [-0.25, -0.2) is 14.8 Å². The zero-order valence-corrected chi connectivity index (χ0v) is 22.2. The molecule has 1 aliphatic heterocycles. The fourth-order valence-corrected chi connectivity index (χ4v) is 4.97. The summed E-state index contributed by atoms with van der Waals surface area (Å²) >= 11 is 0. The Kier molecular flexibility index (Phi) is 7.74. The second-order valence-corrected chi connectivity index (χ2v) is 9.44. The number of likely N-dealkylation sites (tertiary alicyclic amines) is 1. The fraction of sp³-hybridized carbons (Fsp3) is 0.310. The third-order valence-electron chi connectivity index (χ3n) is 7.11. The van der Waals surface area contributed by atoms with Gasteiger partial charge in [-0.1, -0.05) is 38.1 Å². The van der Waals surface area contributed by atoms with Gasteiger partial charge in [0.25, 0.3) is 0 Å². The minimum Gasteiger partial charge on any atom is -0.457 e. The van der Waals surface area contributed by atoms with E-state index in [1.165, 1.54) is 10.9 Å². The Bertz CT molecular complexity index is 1520. The third kappa shape index (κ3) is 5.42. The van der Waals surface area contributed by atoms with Gasteiger partial charge in [0.2, 0.25) is 5.91 Å². The van der Waals surface area contributed by atoms with E-state index in [9.17, 15) is 9.59 Å². The number of nitrogen functional groups attached to an aromatic ring is 1. The number of rotatable bonds is 9. The van der Waals surface area contributed by atoms with E-state index in [-0.39, 0.29) is 23.5 Å². The Balaban J connectivity index is 1.41. The van der Waals surface area contributed by atoms with Crippen LogP contribution in [0, 0.1) is 0 Å². The van der Waals surface area contributed by atoms with E-state index in [1.54, 1.807) is 39.8 Å². The third-order valence-corrected chi connectivity index (χ3v) is 7.11. The molecule has 4 aromatic rings. The molecule has 1 amide bonds. The van der Waals surface area contributed by atoms with Crippen molar-refractivity contribution in [2.75, 3.05) is 38.5 Å². The normalized spacial score (nSPS) is 15.6. The van der Waals surface area contributed by atoms with Crippen LogP contribution in [-0.2, 0) is 4.79 Å². The molecule has 1 fully saturated rings. The number of hydrogen-bond acceptors (Lipinski definition) is 7. The van der Waals surface area contributed by atoms with Gasteiger partial charge in [-0.15, -0.1) is 0 Å². The number of likely N-dealkylation sites (N-methyl/N-ethyl adjacent to an activating group) is 1. The van der Waals surface area contributed by atoms with Gasteiger partial charge in [0.1, 0.15) is 23.3 Å². The first-order chi connectivity index (χ1) is 19.0. The van der Waals surface area contributed by atoms with Crippen LogP contribution in [0.5, 0.6) is 11.5 Å².